The Labute approximate surface area is 194 Å². The number of hydrogen-bond donors (Lipinski definition) is 2. The summed E-state index contributed by atoms with van der Waals surface area (Å²) in [6, 6.07) is 10.6. The van der Waals surface area contributed by atoms with Crippen LogP contribution in [0.15, 0.2) is 41.8 Å². The third-order valence-electron chi connectivity index (χ3n) is 5.52. The van der Waals surface area contributed by atoms with Gasteiger partial charge in [-0.2, -0.15) is 13.5 Å². The quantitative estimate of drug-likeness (QED) is 0.659. The minimum Gasteiger partial charge on any atom is -0.368 e. The molecule has 1 saturated heterocycles. The summed E-state index contributed by atoms with van der Waals surface area (Å²) < 4.78 is 5.38. The van der Waals surface area contributed by atoms with E-state index in [0.717, 1.165) is 10.4 Å². The van der Waals surface area contributed by atoms with Gasteiger partial charge in [0.1, 0.15) is 18.2 Å². The average molecular weight is 463 g/mol. The Hall–Kier alpha value is -2.16. The highest BCUT2D eigenvalue weighted by Gasteiger charge is 2.47. The van der Waals surface area contributed by atoms with Crippen LogP contribution in [0.25, 0.3) is 10.4 Å². The fraction of sp³-hybridized carbons (Fsp3) is 0.435. The Bertz CT molecular complexity index is 912. The highest BCUT2D eigenvalue weighted by molar-refractivity contribution is 7.59. The first-order valence-electron chi connectivity index (χ1n) is 10.1. The predicted molar refractivity (Wildman–Crippen MR) is 128 cm³/mol. The summed E-state index contributed by atoms with van der Waals surface area (Å²) in [6.45, 7) is 7.38. The van der Waals surface area contributed by atoms with Crippen molar-refractivity contribution in [1.82, 2.24) is 10.6 Å². The van der Waals surface area contributed by atoms with Crippen LogP contribution in [0.5, 0.6) is 0 Å². The smallest absolute Gasteiger partial charge is 0.251 e. The molecule has 31 heavy (non-hydrogen) atoms. The summed E-state index contributed by atoms with van der Waals surface area (Å²) in [5, 5.41) is 7.66. The normalized spacial score (nSPS) is 21.5. The first kappa shape index (κ1) is 25.1. The van der Waals surface area contributed by atoms with Crippen LogP contribution in [0, 0.1) is 5.92 Å². The molecule has 6 nitrogen and oxygen atoms in total. The molecule has 168 valence electrons. The molecule has 8 heteroatoms. The molecule has 2 aromatic rings. The molecule has 2 amide bonds. The van der Waals surface area contributed by atoms with Crippen molar-refractivity contribution < 1.29 is 19.1 Å². The van der Waals surface area contributed by atoms with Crippen molar-refractivity contribution in [2.45, 2.75) is 51.8 Å². The van der Waals surface area contributed by atoms with Crippen molar-refractivity contribution in [3.05, 3.63) is 47.3 Å². The third-order valence-corrected chi connectivity index (χ3v) is 6.44. The average Bonchev–Trinajstić information content (AvgIpc) is 3.32. The maximum absolute atomic E-state index is 13.0. The molecule has 2 N–H and O–H groups in total. The van der Waals surface area contributed by atoms with Gasteiger partial charge in [-0.15, -0.1) is 11.3 Å². The van der Waals surface area contributed by atoms with Crippen LogP contribution in [0.1, 0.15) is 44.5 Å². The number of nitrogens with one attached hydrogen (secondary N) is 2. The lowest BCUT2D eigenvalue weighted by molar-refractivity contribution is -0.130. The number of benzene rings is 1. The Morgan fingerprint density at radius 3 is 2.42 bits per heavy atom. The van der Waals surface area contributed by atoms with Gasteiger partial charge in [-0.05, 0) is 55.3 Å². The Morgan fingerprint density at radius 2 is 1.90 bits per heavy atom. The van der Waals surface area contributed by atoms with E-state index in [0.29, 0.717) is 12.0 Å². The molecule has 1 aromatic heterocycles. The molecule has 2 heterocycles. The lowest BCUT2D eigenvalue weighted by Gasteiger charge is -2.30. The van der Waals surface area contributed by atoms with Crippen molar-refractivity contribution in [2.24, 2.45) is 5.92 Å². The molecular formula is C23H30N2O4S2. The number of carbonyl (C=O) groups is 3. The molecule has 3 atom stereocenters. The number of thiophene rings is 1. The molecule has 0 radical (unpaired) electrons. The van der Waals surface area contributed by atoms with Crippen molar-refractivity contribution in [3.63, 3.8) is 0 Å². The van der Waals surface area contributed by atoms with Gasteiger partial charge < -0.3 is 15.4 Å². The van der Waals surface area contributed by atoms with Crippen molar-refractivity contribution in [2.75, 3.05) is 6.61 Å². The minimum absolute atomic E-state index is 0. The summed E-state index contributed by atoms with van der Waals surface area (Å²) in [5.74, 6) is -0.675. The number of Topliss-reactive ketones (excluding diaryl/α,β-unsaturated/α-hetero) is 1. The highest BCUT2D eigenvalue weighted by Crippen LogP contribution is 2.25. The van der Waals surface area contributed by atoms with Crippen LogP contribution in [0.3, 0.4) is 0 Å². The Kier molecular flexibility index (Phi) is 8.45. The zero-order valence-electron chi connectivity index (χ0n) is 18.2. The van der Waals surface area contributed by atoms with Crippen LogP contribution in [0.2, 0.25) is 0 Å². The fourth-order valence-corrected chi connectivity index (χ4v) is 4.16. The topological polar surface area (TPSA) is 84.5 Å². The van der Waals surface area contributed by atoms with Crippen LogP contribution in [0.4, 0.5) is 0 Å². The summed E-state index contributed by atoms with van der Waals surface area (Å²) in [6.07, 6.45) is 0.0406. The molecule has 1 aliphatic heterocycles. The summed E-state index contributed by atoms with van der Waals surface area (Å²) in [5.41, 5.74) is 0.441. The van der Waals surface area contributed by atoms with Gasteiger partial charge in [-0.25, -0.2) is 0 Å². The van der Waals surface area contributed by atoms with Crippen molar-refractivity contribution >= 4 is 42.4 Å². The Balaban J connectivity index is 0.00000341. The molecule has 1 aromatic carbocycles. The standard InChI is InChI=1S/C23H28N2O4S.H2S/c1-14(2)12-18(22(28)25-23(4)15(3)29-13-20(23)26)24-21(27)17-9-7-16(8-10-17)19-6-5-11-30-19;/h5-11,14-15,18H,12-13H2,1-4H3,(H,24,27)(H,25,28);1H2/t15-,18+,23-;/m1./s1. The van der Waals surface area contributed by atoms with Gasteiger partial charge >= 0.3 is 0 Å². The van der Waals surface area contributed by atoms with Crippen LogP contribution >= 0.6 is 24.8 Å². The van der Waals surface area contributed by atoms with E-state index >= 15 is 0 Å². The van der Waals surface area contributed by atoms with Gasteiger partial charge in [0, 0.05) is 10.4 Å². The second-order valence-corrected chi connectivity index (χ2v) is 9.23. The second-order valence-electron chi connectivity index (χ2n) is 8.28. The van der Waals surface area contributed by atoms with Gasteiger partial charge in [-0.1, -0.05) is 32.0 Å². The van der Waals surface area contributed by atoms with Crippen LogP contribution in [-0.4, -0.2) is 41.9 Å². The number of ether oxygens (including phenoxy) is 1. The number of hydrogen-bond acceptors (Lipinski definition) is 5. The van der Waals surface area contributed by atoms with E-state index in [1.807, 2.05) is 43.5 Å². The van der Waals surface area contributed by atoms with E-state index in [1.165, 1.54) is 0 Å². The Morgan fingerprint density at radius 1 is 1.23 bits per heavy atom. The molecule has 0 saturated carbocycles. The summed E-state index contributed by atoms with van der Waals surface area (Å²) in [7, 11) is 0. The number of carbonyl (C=O) groups excluding carboxylic acids is 3. The predicted octanol–water partition coefficient (Wildman–Crippen LogP) is 3.54. The number of ketones is 1. The monoisotopic (exact) mass is 462 g/mol. The lowest BCUT2D eigenvalue weighted by atomic mass is 9.92. The molecule has 1 aliphatic rings. The van der Waals surface area contributed by atoms with Crippen LogP contribution < -0.4 is 10.6 Å². The first-order chi connectivity index (χ1) is 14.2. The van der Waals surface area contributed by atoms with E-state index in [-0.39, 0.29) is 43.6 Å². The molecule has 3 rings (SSSR count). The van der Waals surface area contributed by atoms with Gasteiger partial charge in [0.05, 0.1) is 6.10 Å². The van der Waals surface area contributed by atoms with Gasteiger partial charge in [0.2, 0.25) is 5.91 Å². The molecule has 0 spiro atoms. The molecule has 0 aliphatic carbocycles. The molecular weight excluding hydrogens is 432 g/mol. The van der Waals surface area contributed by atoms with E-state index in [4.69, 9.17) is 4.74 Å². The molecule has 0 bridgehead atoms. The van der Waals surface area contributed by atoms with E-state index < -0.39 is 17.7 Å². The third kappa shape index (κ3) is 5.75. The van der Waals surface area contributed by atoms with Gasteiger partial charge in [-0.3, -0.25) is 14.4 Å². The van der Waals surface area contributed by atoms with Gasteiger partial charge in [0.25, 0.3) is 5.91 Å². The number of rotatable bonds is 7. The zero-order chi connectivity index (χ0) is 21.9. The van der Waals surface area contributed by atoms with E-state index in [9.17, 15) is 14.4 Å². The minimum atomic E-state index is -1.08. The molecule has 1 fully saturated rings. The highest BCUT2D eigenvalue weighted by atomic mass is 32.1. The molecule has 0 unspecified atom stereocenters. The second kappa shape index (κ2) is 10.4. The van der Waals surface area contributed by atoms with Crippen LogP contribution in [-0.2, 0) is 14.3 Å². The van der Waals surface area contributed by atoms with Crippen molar-refractivity contribution in [1.29, 1.82) is 0 Å². The lowest BCUT2D eigenvalue weighted by Crippen LogP contribution is -2.60. The van der Waals surface area contributed by atoms with E-state index in [2.05, 4.69) is 10.6 Å². The SMILES string of the molecule is CC(C)C[C@H](NC(=O)c1ccc(-c2cccs2)cc1)C(=O)N[C@@]1(C)C(=O)CO[C@@H]1C.S. The fourth-order valence-electron chi connectivity index (χ4n) is 3.43. The zero-order valence-corrected chi connectivity index (χ0v) is 20.0. The first-order valence-corrected chi connectivity index (χ1v) is 11.0. The number of amides is 2. The van der Waals surface area contributed by atoms with Crippen molar-refractivity contribution in [3.8, 4) is 10.4 Å². The van der Waals surface area contributed by atoms with Gasteiger partial charge in [0.15, 0.2) is 5.78 Å². The maximum Gasteiger partial charge on any atom is 0.251 e. The summed E-state index contributed by atoms with van der Waals surface area (Å²) in [4.78, 5) is 39.1. The summed E-state index contributed by atoms with van der Waals surface area (Å²) >= 11 is 1.64. The maximum atomic E-state index is 13.0. The largest absolute Gasteiger partial charge is 0.368 e. The van der Waals surface area contributed by atoms with E-state index in [1.54, 1.807) is 37.3 Å².